The van der Waals surface area contributed by atoms with E-state index in [1.807, 2.05) is 13.8 Å². The van der Waals surface area contributed by atoms with Crippen molar-refractivity contribution in [3.05, 3.63) is 24.3 Å². The summed E-state index contributed by atoms with van der Waals surface area (Å²) in [5, 5.41) is 2.57. The van der Waals surface area contributed by atoms with Crippen molar-refractivity contribution in [2.75, 3.05) is 5.32 Å². The molecular weight excluding hydrogens is 254 g/mol. The van der Waals surface area contributed by atoms with E-state index in [1.54, 1.807) is 6.07 Å². The van der Waals surface area contributed by atoms with Gasteiger partial charge in [0.2, 0.25) is 5.91 Å². The lowest BCUT2D eigenvalue weighted by Crippen LogP contribution is -2.36. The molecule has 1 aromatic rings. The second-order valence-electron chi connectivity index (χ2n) is 4.63. The van der Waals surface area contributed by atoms with Crippen LogP contribution in [0.1, 0.15) is 20.3 Å². The second kappa shape index (κ2) is 7.04. The van der Waals surface area contributed by atoms with E-state index in [9.17, 15) is 13.6 Å². The Morgan fingerprint density at radius 3 is 2.68 bits per heavy atom. The van der Waals surface area contributed by atoms with Crippen LogP contribution in [0.25, 0.3) is 0 Å². The first-order chi connectivity index (χ1) is 8.88. The molecule has 6 heteroatoms. The van der Waals surface area contributed by atoms with Gasteiger partial charge in [0.1, 0.15) is 5.75 Å². The number of carbonyl (C=O) groups is 1. The Morgan fingerprint density at radius 1 is 1.42 bits per heavy atom. The van der Waals surface area contributed by atoms with Crippen LogP contribution in [0, 0.1) is 5.92 Å². The lowest BCUT2D eigenvalue weighted by Gasteiger charge is -2.14. The number of benzene rings is 1. The molecule has 0 spiro atoms. The average molecular weight is 272 g/mol. The number of anilines is 1. The number of halogens is 2. The third-order valence-electron chi connectivity index (χ3n) is 2.39. The molecule has 1 aromatic carbocycles. The van der Waals surface area contributed by atoms with Crippen LogP contribution in [0.3, 0.4) is 0 Å². The summed E-state index contributed by atoms with van der Waals surface area (Å²) in [5.74, 6) is -0.0534. The van der Waals surface area contributed by atoms with Gasteiger partial charge in [-0.3, -0.25) is 4.79 Å². The molecule has 0 aliphatic heterocycles. The number of alkyl halides is 2. The minimum absolute atomic E-state index is 0.00905. The predicted molar refractivity (Wildman–Crippen MR) is 69.1 cm³/mol. The fourth-order valence-corrected chi connectivity index (χ4v) is 1.60. The van der Waals surface area contributed by atoms with Gasteiger partial charge in [-0.2, -0.15) is 8.78 Å². The van der Waals surface area contributed by atoms with Gasteiger partial charge in [0.15, 0.2) is 0 Å². The molecule has 0 bridgehead atoms. The molecule has 19 heavy (non-hydrogen) atoms. The minimum Gasteiger partial charge on any atom is -0.435 e. The van der Waals surface area contributed by atoms with E-state index in [0.29, 0.717) is 18.0 Å². The number of nitrogens with one attached hydrogen (secondary N) is 1. The zero-order valence-corrected chi connectivity index (χ0v) is 10.9. The van der Waals surface area contributed by atoms with Gasteiger partial charge in [-0.15, -0.1) is 0 Å². The Kier molecular flexibility index (Phi) is 5.69. The molecule has 106 valence electrons. The molecule has 1 rings (SSSR count). The predicted octanol–water partition coefficient (Wildman–Crippen LogP) is 2.60. The van der Waals surface area contributed by atoms with Crippen molar-refractivity contribution in [2.24, 2.45) is 11.7 Å². The summed E-state index contributed by atoms with van der Waals surface area (Å²) in [6, 6.07) is 5.18. The Balaban J connectivity index is 2.63. The Labute approximate surface area is 110 Å². The Bertz CT molecular complexity index is 425. The number of rotatable bonds is 6. The molecule has 3 N–H and O–H groups in total. The van der Waals surface area contributed by atoms with E-state index in [4.69, 9.17) is 5.73 Å². The maximum atomic E-state index is 12.1. The molecule has 0 heterocycles. The van der Waals surface area contributed by atoms with E-state index in [2.05, 4.69) is 10.1 Å². The van der Waals surface area contributed by atoms with Gasteiger partial charge < -0.3 is 15.8 Å². The molecule has 1 atom stereocenters. The van der Waals surface area contributed by atoms with Crippen molar-refractivity contribution in [3.63, 3.8) is 0 Å². The van der Waals surface area contributed by atoms with Crippen molar-refractivity contribution in [1.29, 1.82) is 0 Å². The van der Waals surface area contributed by atoms with E-state index in [1.165, 1.54) is 18.2 Å². The van der Waals surface area contributed by atoms with Crippen LogP contribution >= 0.6 is 0 Å². The first-order valence-electron chi connectivity index (χ1n) is 5.99. The molecule has 0 fully saturated rings. The molecule has 0 saturated heterocycles. The van der Waals surface area contributed by atoms with Crippen LogP contribution in [0.15, 0.2) is 24.3 Å². The zero-order chi connectivity index (χ0) is 14.4. The van der Waals surface area contributed by atoms with Crippen LogP contribution in [0.2, 0.25) is 0 Å². The number of carbonyl (C=O) groups excluding carboxylic acids is 1. The SMILES string of the molecule is CC(C)C[C@@H](N)C(=O)Nc1cccc(OC(F)F)c1. The van der Waals surface area contributed by atoms with Crippen LogP contribution in [-0.2, 0) is 4.79 Å². The summed E-state index contributed by atoms with van der Waals surface area (Å²) in [5.41, 5.74) is 6.10. The summed E-state index contributed by atoms with van der Waals surface area (Å²) >= 11 is 0. The van der Waals surface area contributed by atoms with Crippen LogP contribution in [0.5, 0.6) is 5.75 Å². The highest BCUT2D eigenvalue weighted by molar-refractivity contribution is 5.94. The normalized spacial score (nSPS) is 12.6. The fourth-order valence-electron chi connectivity index (χ4n) is 1.60. The van der Waals surface area contributed by atoms with Crippen LogP contribution in [-0.4, -0.2) is 18.6 Å². The van der Waals surface area contributed by atoms with Gasteiger partial charge in [-0.25, -0.2) is 0 Å². The Morgan fingerprint density at radius 2 is 2.11 bits per heavy atom. The lowest BCUT2D eigenvalue weighted by atomic mass is 10.0. The van der Waals surface area contributed by atoms with Crippen molar-refractivity contribution < 1.29 is 18.3 Å². The number of nitrogens with two attached hydrogens (primary N) is 1. The largest absolute Gasteiger partial charge is 0.435 e. The molecule has 4 nitrogen and oxygen atoms in total. The standard InChI is InChI=1S/C13H18F2N2O2/c1-8(2)6-11(16)12(18)17-9-4-3-5-10(7-9)19-13(14)15/h3-5,7-8,11,13H,6,16H2,1-2H3,(H,17,18)/t11-/m1/s1. The molecule has 1 amide bonds. The Hall–Kier alpha value is -1.69. The molecule has 0 unspecified atom stereocenters. The molecular formula is C13H18F2N2O2. The fraction of sp³-hybridized carbons (Fsp3) is 0.462. The molecule has 0 saturated carbocycles. The van der Waals surface area contributed by atoms with Crippen molar-refractivity contribution in [2.45, 2.75) is 32.9 Å². The molecule has 0 aliphatic carbocycles. The number of hydrogen-bond donors (Lipinski definition) is 2. The summed E-state index contributed by atoms with van der Waals surface area (Å²) in [4.78, 5) is 11.8. The minimum atomic E-state index is -2.89. The number of amides is 1. The highest BCUT2D eigenvalue weighted by atomic mass is 19.3. The summed E-state index contributed by atoms with van der Waals surface area (Å²) in [6.45, 7) is 1.03. The first kappa shape index (κ1) is 15.4. The van der Waals surface area contributed by atoms with Crippen molar-refractivity contribution in [3.8, 4) is 5.75 Å². The molecule has 0 aromatic heterocycles. The van der Waals surface area contributed by atoms with Crippen LogP contribution in [0.4, 0.5) is 14.5 Å². The number of ether oxygens (including phenoxy) is 1. The topological polar surface area (TPSA) is 64.4 Å². The van der Waals surface area contributed by atoms with Crippen molar-refractivity contribution in [1.82, 2.24) is 0 Å². The average Bonchev–Trinajstić information content (AvgIpc) is 2.27. The van der Waals surface area contributed by atoms with Crippen molar-refractivity contribution >= 4 is 11.6 Å². The van der Waals surface area contributed by atoms with Gasteiger partial charge in [0, 0.05) is 11.8 Å². The third-order valence-corrected chi connectivity index (χ3v) is 2.39. The van der Waals surface area contributed by atoms with Crippen LogP contribution < -0.4 is 15.8 Å². The summed E-state index contributed by atoms with van der Waals surface area (Å²) in [7, 11) is 0. The van der Waals surface area contributed by atoms with Gasteiger partial charge in [0.05, 0.1) is 6.04 Å². The smallest absolute Gasteiger partial charge is 0.387 e. The summed E-state index contributed by atoms with van der Waals surface area (Å²) < 4.78 is 28.4. The zero-order valence-electron chi connectivity index (χ0n) is 10.9. The van der Waals surface area contributed by atoms with E-state index < -0.39 is 12.7 Å². The molecule has 0 radical (unpaired) electrons. The van der Waals surface area contributed by atoms with E-state index in [0.717, 1.165) is 0 Å². The highest BCUT2D eigenvalue weighted by Crippen LogP contribution is 2.19. The second-order valence-corrected chi connectivity index (χ2v) is 4.63. The highest BCUT2D eigenvalue weighted by Gasteiger charge is 2.15. The van der Waals surface area contributed by atoms with E-state index in [-0.39, 0.29) is 11.7 Å². The van der Waals surface area contributed by atoms with Gasteiger partial charge in [-0.1, -0.05) is 19.9 Å². The lowest BCUT2D eigenvalue weighted by molar-refractivity contribution is -0.117. The maximum absolute atomic E-state index is 12.1. The quantitative estimate of drug-likeness (QED) is 0.836. The number of hydrogen-bond acceptors (Lipinski definition) is 3. The summed E-state index contributed by atoms with van der Waals surface area (Å²) in [6.07, 6.45) is 0.555. The molecule has 0 aliphatic rings. The maximum Gasteiger partial charge on any atom is 0.387 e. The monoisotopic (exact) mass is 272 g/mol. The van der Waals surface area contributed by atoms with Gasteiger partial charge >= 0.3 is 6.61 Å². The van der Waals surface area contributed by atoms with Gasteiger partial charge in [0.25, 0.3) is 0 Å². The first-order valence-corrected chi connectivity index (χ1v) is 5.99. The van der Waals surface area contributed by atoms with Gasteiger partial charge in [-0.05, 0) is 24.5 Å². The van der Waals surface area contributed by atoms with E-state index >= 15 is 0 Å². The third kappa shape index (κ3) is 5.65.